The molecule has 0 fully saturated rings. The van der Waals surface area contributed by atoms with Crippen LogP contribution in [-0.4, -0.2) is 10.6 Å². The Kier molecular flexibility index (Phi) is 6.41. The SMILES string of the molecule is C1=CC2c3ccc(-c4c5ccccc5c(-c5cccc(-n6c7ccccc7c7ccccc76)c5)c5ccccc45)cc3N(c3ccccc3)C2C=C1. The van der Waals surface area contributed by atoms with Crippen molar-refractivity contribution in [2.75, 3.05) is 4.90 Å². The number of para-hydroxylation sites is 3. The number of rotatable bonds is 4. The topological polar surface area (TPSA) is 8.17 Å². The lowest BCUT2D eigenvalue weighted by Crippen LogP contribution is -2.28. The predicted molar refractivity (Wildman–Crippen MR) is 220 cm³/mol. The number of fused-ring (bicyclic) bond motifs is 8. The first kappa shape index (κ1) is 29.1. The third-order valence-corrected chi connectivity index (χ3v) is 11.3. The maximum Gasteiger partial charge on any atom is 0.0629 e. The van der Waals surface area contributed by atoms with E-state index in [2.05, 4.69) is 204 Å². The van der Waals surface area contributed by atoms with Crippen LogP contribution in [0.2, 0.25) is 0 Å². The molecule has 0 radical (unpaired) electrons. The van der Waals surface area contributed by atoms with Gasteiger partial charge in [-0.1, -0.05) is 152 Å². The van der Waals surface area contributed by atoms with Crippen LogP contribution < -0.4 is 4.90 Å². The highest BCUT2D eigenvalue weighted by atomic mass is 15.2. The zero-order valence-corrected chi connectivity index (χ0v) is 28.5. The number of hydrogen-bond donors (Lipinski definition) is 0. The summed E-state index contributed by atoms with van der Waals surface area (Å²) in [5.74, 6) is 0.326. The molecule has 0 amide bonds. The summed E-state index contributed by atoms with van der Waals surface area (Å²) in [4.78, 5) is 2.53. The average molecular weight is 663 g/mol. The van der Waals surface area contributed by atoms with Gasteiger partial charge >= 0.3 is 0 Å². The second-order valence-corrected chi connectivity index (χ2v) is 14.0. The van der Waals surface area contributed by atoms with Crippen molar-refractivity contribution in [3.63, 3.8) is 0 Å². The highest BCUT2D eigenvalue weighted by Crippen LogP contribution is 2.51. The highest BCUT2D eigenvalue weighted by molar-refractivity contribution is 6.21. The van der Waals surface area contributed by atoms with Gasteiger partial charge in [0.15, 0.2) is 0 Å². The number of nitrogens with zero attached hydrogens (tertiary/aromatic N) is 2. The van der Waals surface area contributed by atoms with Gasteiger partial charge in [-0.15, -0.1) is 0 Å². The number of benzene rings is 8. The fourth-order valence-electron chi connectivity index (χ4n) is 9.13. The lowest BCUT2D eigenvalue weighted by atomic mass is 9.85. The monoisotopic (exact) mass is 662 g/mol. The molecule has 2 unspecified atom stereocenters. The Bertz CT molecular complexity index is 2820. The van der Waals surface area contributed by atoms with E-state index in [0.29, 0.717) is 5.92 Å². The first-order valence-electron chi connectivity index (χ1n) is 18.2. The minimum absolute atomic E-state index is 0.260. The molecular weight excluding hydrogens is 629 g/mol. The summed E-state index contributed by atoms with van der Waals surface area (Å²) in [7, 11) is 0. The van der Waals surface area contributed by atoms with Crippen LogP contribution in [0.5, 0.6) is 0 Å². The van der Waals surface area contributed by atoms with Crippen LogP contribution >= 0.6 is 0 Å². The quantitative estimate of drug-likeness (QED) is 0.170. The van der Waals surface area contributed by atoms with E-state index in [0.717, 1.165) is 5.69 Å². The van der Waals surface area contributed by atoms with Crippen molar-refractivity contribution >= 4 is 54.7 Å². The van der Waals surface area contributed by atoms with Crippen molar-refractivity contribution in [2.24, 2.45) is 0 Å². The van der Waals surface area contributed by atoms with Crippen LogP contribution in [0.4, 0.5) is 11.4 Å². The number of hydrogen-bond acceptors (Lipinski definition) is 1. The Hall–Kier alpha value is -6.64. The van der Waals surface area contributed by atoms with Gasteiger partial charge in [0, 0.05) is 33.8 Å². The maximum absolute atomic E-state index is 2.53. The average Bonchev–Trinajstić information content (AvgIpc) is 3.73. The second-order valence-electron chi connectivity index (χ2n) is 14.0. The molecule has 0 saturated carbocycles. The molecule has 9 aromatic rings. The van der Waals surface area contributed by atoms with Crippen LogP contribution in [0.1, 0.15) is 11.5 Å². The van der Waals surface area contributed by atoms with Gasteiger partial charge in [-0.05, 0) is 91.8 Å². The molecule has 1 aromatic heterocycles. The Balaban J connectivity index is 1.14. The zero-order valence-electron chi connectivity index (χ0n) is 28.5. The molecule has 2 nitrogen and oxygen atoms in total. The van der Waals surface area contributed by atoms with Crippen molar-refractivity contribution < 1.29 is 0 Å². The van der Waals surface area contributed by atoms with Crippen molar-refractivity contribution in [1.29, 1.82) is 0 Å². The van der Waals surface area contributed by atoms with E-state index in [1.807, 2.05) is 0 Å². The third kappa shape index (κ3) is 4.25. The van der Waals surface area contributed by atoms with E-state index in [9.17, 15) is 0 Å². The van der Waals surface area contributed by atoms with Gasteiger partial charge in [0.05, 0.1) is 17.1 Å². The largest absolute Gasteiger partial charge is 0.333 e. The van der Waals surface area contributed by atoms with E-state index >= 15 is 0 Å². The molecule has 0 N–H and O–H groups in total. The minimum Gasteiger partial charge on any atom is -0.333 e. The maximum atomic E-state index is 2.53. The molecule has 2 heterocycles. The molecule has 244 valence electrons. The molecule has 2 heteroatoms. The van der Waals surface area contributed by atoms with Crippen molar-refractivity contribution in [2.45, 2.75) is 12.0 Å². The summed E-state index contributed by atoms with van der Waals surface area (Å²) in [6, 6.07) is 62.9. The first-order chi connectivity index (χ1) is 25.8. The normalized spacial score (nSPS) is 16.3. The van der Waals surface area contributed by atoms with Gasteiger partial charge in [0.2, 0.25) is 0 Å². The van der Waals surface area contributed by atoms with Gasteiger partial charge < -0.3 is 9.47 Å². The van der Waals surface area contributed by atoms with Gasteiger partial charge in [0.1, 0.15) is 0 Å². The highest BCUT2D eigenvalue weighted by Gasteiger charge is 2.37. The van der Waals surface area contributed by atoms with Crippen LogP contribution in [0.15, 0.2) is 194 Å². The molecule has 0 saturated heterocycles. The molecule has 1 aliphatic heterocycles. The molecule has 2 atom stereocenters. The zero-order chi connectivity index (χ0) is 34.2. The Morgan fingerprint density at radius 3 is 1.54 bits per heavy atom. The van der Waals surface area contributed by atoms with Gasteiger partial charge in [-0.25, -0.2) is 0 Å². The summed E-state index contributed by atoms with van der Waals surface area (Å²) >= 11 is 0. The Morgan fingerprint density at radius 1 is 0.385 bits per heavy atom. The molecule has 11 rings (SSSR count). The van der Waals surface area contributed by atoms with Gasteiger partial charge in [-0.3, -0.25) is 0 Å². The summed E-state index contributed by atoms with van der Waals surface area (Å²) in [6.45, 7) is 0. The Labute approximate surface area is 302 Å². The molecule has 8 aromatic carbocycles. The molecule has 2 aliphatic rings. The number of aromatic nitrogens is 1. The van der Waals surface area contributed by atoms with Gasteiger partial charge in [-0.2, -0.15) is 0 Å². The third-order valence-electron chi connectivity index (χ3n) is 11.3. The molecule has 52 heavy (non-hydrogen) atoms. The van der Waals surface area contributed by atoms with E-state index in [1.54, 1.807) is 0 Å². The lowest BCUT2D eigenvalue weighted by molar-refractivity contribution is 0.745. The van der Waals surface area contributed by atoms with Crippen LogP contribution in [-0.2, 0) is 0 Å². The van der Waals surface area contributed by atoms with Crippen LogP contribution in [0.25, 0.3) is 71.3 Å². The Morgan fingerprint density at radius 2 is 0.904 bits per heavy atom. The fourth-order valence-corrected chi connectivity index (χ4v) is 9.13. The van der Waals surface area contributed by atoms with Crippen LogP contribution in [0, 0.1) is 0 Å². The molecule has 0 bridgehead atoms. The van der Waals surface area contributed by atoms with Crippen molar-refractivity contribution in [3.05, 3.63) is 200 Å². The van der Waals surface area contributed by atoms with E-state index in [4.69, 9.17) is 0 Å². The molecular formula is C50H34N2. The second kappa shape index (κ2) is 11.4. The molecule has 0 spiro atoms. The fraction of sp³-hybridized carbons (Fsp3) is 0.0400. The summed E-state index contributed by atoms with van der Waals surface area (Å²) < 4.78 is 2.41. The van der Waals surface area contributed by atoms with Crippen molar-refractivity contribution in [3.8, 4) is 27.9 Å². The minimum atomic E-state index is 0.260. The summed E-state index contributed by atoms with van der Waals surface area (Å²) in [6.07, 6.45) is 9.10. The van der Waals surface area contributed by atoms with E-state index in [-0.39, 0.29) is 6.04 Å². The van der Waals surface area contributed by atoms with Crippen molar-refractivity contribution in [1.82, 2.24) is 4.57 Å². The summed E-state index contributed by atoms with van der Waals surface area (Å²) in [5.41, 5.74) is 12.5. The number of allylic oxidation sites excluding steroid dienone is 2. The first-order valence-corrected chi connectivity index (χ1v) is 18.2. The van der Waals surface area contributed by atoms with E-state index < -0.39 is 0 Å². The standard InChI is InChI=1S/C50H34N2/c1-2-16-35(17-3-1)51-45-26-11-10-21-39(45)40-30-29-34(32-48(40)51)50-43-24-6-4-22-41(43)49(42-23-5-7-25-44(42)50)33-15-14-18-36(31-33)52-46-27-12-8-19-37(46)38-20-9-13-28-47(38)52/h1-32,39,45H. The lowest BCUT2D eigenvalue weighted by Gasteiger charge is -2.28. The molecule has 1 aliphatic carbocycles. The number of anilines is 2. The predicted octanol–water partition coefficient (Wildman–Crippen LogP) is 13.2. The summed E-state index contributed by atoms with van der Waals surface area (Å²) in [5, 5.41) is 7.59. The van der Waals surface area contributed by atoms with Crippen LogP contribution in [0.3, 0.4) is 0 Å². The van der Waals surface area contributed by atoms with E-state index in [1.165, 1.54) is 82.5 Å². The smallest absolute Gasteiger partial charge is 0.0629 e. The van der Waals surface area contributed by atoms with Gasteiger partial charge in [0.25, 0.3) is 0 Å².